The Bertz CT molecular complexity index is 657. The first-order chi connectivity index (χ1) is 9.54. The minimum Gasteiger partial charge on any atom is -0.478 e. The van der Waals surface area contributed by atoms with Gasteiger partial charge in [-0.3, -0.25) is 9.48 Å². The fourth-order valence-corrected chi connectivity index (χ4v) is 2.33. The first kappa shape index (κ1) is 14.0. The molecule has 1 amide bonds. The number of nitrogens with zero attached hydrogens (tertiary/aromatic N) is 2. The lowest BCUT2D eigenvalue weighted by atomic mass is 10.3. The Kier molecular flexibility index (Phi) is 4.31. The third kappa shape index (κ3) is 3.79. The number of thiophene rings is 1. The molecule has 0 bridgehead atoms. The monoisotopic (exact) mass is 291 g/mol. The van der Waals surface area contributed by atoms with Crippen LogP contribution in [0.5, 0.6) is 0 Å². The van der Waals surface area contributed by atoms with E-state index >= 15 is 0 Å². The molecule has 2 N–H and O–H groups in total. The lowest BCUT2D eigenvalue weighted by Crippen LogP contribution is -2.22. The topological polar surface area (TPSA) is 84.2 Å². The molecule has 2 aromatic rings. The molecule has 0 spiro atoms. The fourth-order valence-electron chi connectivity index (χ4n) is 1.54. The second-order valence-electron chi connectivity index (χ2n) is 4.08. The first-order valence-electron chi connectivity index (χ1n) is 5.81. The summed E-state index contributed by atoms with van der Waals surface area (Å²) in [5, 5.41) is 17.1. The van der Waals surface area contributed by atoms with Crippen LogP contribution >= 0.6 is 11.3 Å². The van der Waals surface area contributed by atoms with Gasteiger partial charge in [0.2, 0.25) is 0 Å². The number of aryl methyl sites for hydroxylation is 1. The van der Waals surface area contributed by atoms with E-state index in [0.717, 1.165) is 16.5 Å². The molecule has 0 aliphatic rings. The van der Waals surface area contributed by atoms with Crippen molar-refractivity contribution in [2.45, 2.75) is 6.54 Å². The lowest BCUT2D eigenvalue weighted by Gasteiger charge is -2.00. The molecule has 2 aromatic heterocycles. The molecule has 6 nitrogen and oxygen atoms in total. The van der Waals surface area contributed by atoms with Crippen LogP contribution in [0, 0.1) is 0 Å². The van der Waals surface area contributed by atoms with E-state index in [1.54, 1.807) is 24.0 Å². The Hall–Kier alpha value is -2.41. The van der Waals surface area contributed by atoms with Crippen LogP contribution < -0.4 is 5.32 Å². The molecule has 0 saturated carbocycles. The Morgan fingerprint density at radius 2 is 2.35 bits per heavy atom. The van der Waals surface area contributed by atoms with Crippen LogP contribution in [0.2, 0.25) is 0 Å². The summed E-state index contributed by atoms with van der Waals surface area (Å²) in [4.78, 5) is 23.1. The van der Waals surface area contributed by atoms with Crippen molar-refractivity contribution < 1.29 is 14.7 Å². The van der Waals surface area contributed by atoms with Crippen LogP contribution in [0.3, 0.4) is 0 Å². The molecular weight excluding hydrogens is 278 g/mol. The number of hydrogen-bond donors (Lipinski definition) is 2. The average Bonchev–Trinajstić information content (AvgIpc) is 3.02. The van der Waals surface area contributed by atoms with Crippen molar-refractivity contribution in [3.8, 4) is 0 Å². The summed E-state index contributed by atoms with van der Waals surface area (Å²) < 4.78 is 1.56. The number of carboxylic acids is 1. The maximum absolute atomic E-state index is 11.8. The highest BCUT2D eigenvalue weighted by Gasteiger charge is 2.08. The van der Waals surface area contributed by atoms with Crippen molar-refractivity contribution in [1.82, 2.24) is 15.1 Å². The fraction of sp³-hybridized carbons (Fsp3) is 0.154. The summed E-state index contributed by atoms with van der Waals surface area (Å²) in [5.41, 5.74) is 1.18. The SMILES string of the molecule is Cn1ccc(C(=O)NCc2cc(/C=C/C(=O)O)cs2)n1. The number of carboxylic acid groups (broad SMARTS) is 1. The summed E-state index contributed by atoms with van der Waals surface area (Å²) in [5.74, 6) is -1.22. The second-order valence-corrected chi connectivity index (χ2v) is 5.07. The Balaban J connectivity index is 1.91. The molecule has 0 aliphatic carbocycles. The zero-order chi connectivity index (χ0) is 14.5. The average molecular weight is 291 g/mol. The Morgan fingerprint density at radius 3 is 3.00 bits per heavy atom. The second kappa shape index (κ2) is 6.16. The number of carbonyl (C=O) groups excluding carboxylic acids is 1. The zero-order valence-electron chi connectivity index (χ0n) is 10.7. The van der Waals surface area contributed by atoms with Gasteiger partial charge >= 0.3 is 5.97 Å². The zero-order valence-corrected chi connectivity index (χ0v) is 11.6. The van der Waals surface area contributed by atoms with Crippen molar-refractivity contribution >= 4 is 29.3 Å². The van der Waals surface area contributed by atoms with Gasteiger partial charge < -0.3 is 10.4 Å². The highest BCUT2D eigenvalue weighted by molar-refractivity contribution is 7.10. The van der Waals surface area contributed by atoms with E-state index in [0.29, 0.717) is 12.2 Å². The summed E-state index contributed by atoms with van der Waals surface area (Å²) in [6, 6.07) is 3.48. The number of amides is 1. The van der Waals surface area contributed by atoms with Gasteiger partial charge in [0.25, 0.3) is 5.91 Å². The quantitative estimate of drug-likeness (QED) is 0.818. The van der Waals surface area contributed by atoms with Crippen LogP contribution in [0.4, 0.5) is 0 Å². The number of aromatic nitrogens is 2. The molecule has 2 heterocycles. The van der Waals surface area contributed by atoms with E-state index in [9.17, 15) is 9.59 Å². The van der Waals surface area contributed by atoms with E-state index in [2.05, 4.69) is 10.4 Å². The van der Waals surface area contributed by atoms with Crippen LogP contribution in [0.25, 0.3) is 6.08 Å². The maximum Gasteiger partial charge on any atom is 0.328 e. The third-order valence-electron chi connectivity index (χ3n) is 2.46. The molecule has 0 unspecified atom stereocenters. The molecule has 20 heavy (non-hydrogen) atoms. The predicted molar refractivity (Wildman–Crippen MR) is 75.4 cm³/mol. The molecule has 0 saturated heterocycles. The van der Waals surface area contributed by atoms with Gasteiger partial charge in [0.05, 0.1) is 6.54 Å². The Labute approximate surface area is 119 Å². The smallest absolute Gasteiger partial charge is 0.328 e. The van der Waals surface area contributed by atoms with Crippen LogP contribution in [0.15, 0.2) is 29.8 Å². The predicted octanol–water partition coefficient (Wildman–Crippen LogP) is 1.51. The molecule has 0 radical (unpaired) electrons. The van der Waals surface area contributed by atoms with Crippen molar-refractivity contribution in [3.63, 3.8) is 0 Å². The van der Waals surface area contributed by atoms with Crippen molar-refractivity contribution in [1.29, 1.82) is 0 Å². The standard InChI is InChI=1S/C13H13N3O3S/c1-16-5-4-11(15-16)13(19)14-7-10-6-9(8-20-10)2-3-12(17)18/h2-6,8H,7H2,1H3,(H,14,19)(H,17,18)/b3-2+. The Morgan fingerprint density at radius 1 is 1.55 bits per heavy atom. The van der Waals surface area contributed by atoms with Gasteiger partial charge in [0, 0.05) is 24.2 Å². The van der Waals surface area contributed by atoms with Gasteiger partial charge in [-0.2, -0.15) is 5.10 Å². The maximum atomic E-state index is 11.8. The van der Waals surface area contributed by atoms with Crippen LogP contribution in [0.1, 0.15) is 20.9 Å². The highest BCUT2D eigenvalue weighted by Crippen LogP contribution is 2.16. The van der Waals surface area contributed by atoms with Gasteiger partial charge in [0.15, 0.2) is 0 Å². The molecule has 104 valence electrons. The number of aliphatic carboxylic acids is 1. The molecule has 7 heteroatoms. The molecule has 0 atom stereocenters. The minimum absolute atomic E-state index is 0.235. The molecule has 0 aromatic carbocycles. The van der Waals surface area contributed by atoms with Crippen LogP contribution in [-0.4, -0.2) is 26.8 Å². The number of rotatable bonds is 5. The summed E-state index contributed by atoms with van der Waals surface area (Å²) >= 11 is 1.46. The number of carbonyl (C=O) groups is 2. The minimum atomic E-state index is -0.985. The molecule has 0 aliphatic heterocycles. The van der Waals surface area contributed by atoms with E-state index in [-0.39, 0.29) is 5.91 Å². The highest BCUT2D eigenvalue weighted by atomic mass is 32.1. The summed E-state index contributed by atoms with van der Waals surface area (Å²) in [6.07, 6.45) is 4.30. The normalized spacial score (nSPS) is 10.8. The van der Waals surface area contributed by atoms with E-state index < -0.39 is 5.97 Å². The summed E-state index contributed by atoms with van der Waals surface area (Å²) in [6.45, 7) is 0.390. The first-order valence-corrected chi connectivity index (χ1v) is 6.69. The van der Waals surface area contributed by atoms with Gasteiger partial charge in [-0.05, 0) is 29.2 Å². The molecular formula is C13H13N3O3S. The van der Waals surface area contributed by atoms with Gasteiger partial charge in [-0.15, -0.1) is 11.3 Å². The van der Waals surface area contributed by atoms with Gasteiger partial charge in [-0.25, -0.2) is 4.79 Å². The molecule has 2 rings (SSSR count). The van der Waals surface area contributed by atoms with E-state index in [1.165, 1.54) is 17.4 Å². The van der Waals surface area contributed by atoms with Gasteiger partial charge in [-0.1, -0.05) is 0 Å². The van der Waals surface area contributed by atoms with Crippen molar-refractivity contribution in [2.24, 2.45) is 7.05 Å². The number of nitrogens with one attached hydrogen (secondary N) is 1. The van der Waals surface area contributed by atoms with Gasteiger partial charge in [0.1, 0.15) is 5.69 Å². The van der Waals surface area contributed by atoms with E-state index in [1.807, 2.05) is 11.4 Å². The summed E-state index contributed by atoms with van der Waals surface area (Å²) in [7, 11) is 1.75. The lowest BCUT2D eigenvalue weighted by molar-refractivity contribution is -0.131. The van der Waals surface area contributed by atoms with Crippen molar-refractivity contribution in [2.75, 3.05) is 0 Å². The largest absolute Gasteiger partial charge is 0.478 e. The van der Waals surface area contributed by atoms with Crippen molar-refractivity contribution in [3.05, 3.63) is 45.9 Å². The molecule has 0 fully saturated rings. The third-order valence-corrected chi connectivity index (χ3v) is 3.42. The number of hydrogen-bond acceptors (Lipinski definition) is 4. The van der Waals surface area contributed by atoms with Crippen LogP contribution in [-0.2, 0) is 18.4 Å². The van der Waals surface area contributed by atoms with E-state index in [4.69, 9.17) is 5.11 Å².